The van der Waals surface area contributed by atoms with Crippen molar-refractivity contribution in [1.82, 2.24) is 14.7 Å². The molecule has 2 aliphatic rings. The Balaban J connectivity index is 1.86. The number of nitrogens with one attached hydrogen (secondary N) is 1. The molecule has 3 rings (SSSR count). The lowest BCUT2D eigenvalue weighted by Crippen LogP contribution is -2.49. The molecular weight excluding hydrogens is 389 g/mol. The monoisotopic (exact) mass is 416 g/mol. The van der Waals surface area contributed by atoms with Crippen LogP contribution in [0.15, 0.2) is 6.20 Å². The second-order valence-corrected chi connectivity index (χ2v) is 7.61. The molecule has 1 N–H and O–H groups in total. The number of halogens is 3. The van der Waals surface area contributed by atoms with Gasteiger partial charge in [0, 0.05) is 25.6 Å². The quantitative estimate of drug-likeness (QED) is 0.745. The van der Waals surface area contributed by atoms with Gasteiger partial charge in [0.2, 0.25) is 5.91 Å². The van der Waals surface area contributed by atoms with Gasteiger partial charge in [-0.05, 0) is 38.5 Å². The van der Waals surface area contributed by atoms with E-state index < -0.39 is 24.2 Å². The van der Waals surface area contributed by atoms with Crippen LogP contribution in [0.25, 0.3) is 0 Å². The van der Waals surface area contributed by atoms with Crippen molar-refractivity contribution >= 4 is 17.7 Å². The van der Waals surface area contributed by atoms with E-state index in [1.807, 2.05) is 6.92 Å². The van der Waals surface area contributed by atoms with Gasteiger partial charge in [-0.25, -0.2) is 9.48 Å². The van der Waals surface area contributed by atoms with Crippen molar-refractivity contribution in [2.45, 2.75) is 64.2 Å². The highest BCUT2D eigenvalue weighted by Crippen LogP contribution is 2.42. The van der Waals surface area contributed by atoms with Gasteiger partial charge < -0.3 is 15.0 Å². The van der Waals surface area contributed by atoms with Crippen molar-refractivity contribution in [2.24, 2.45) is 5.92 Å². The molecule has 1 aromatic heterocycles. The largest absolute Gasteiger partial charge is 0.462 e. The van der Waals surface area contributed by atoms with Gasteiger partial charge in [0.05, 0.1) is 12.8 Å². The number of ether oxygens (including phenoxy) is 1. The number of aromatic nitrogens is 2. The van der Waals surface area contributed by atoms with Crippen molar-refractivity contribution in [3.05, 3.63) is 11.8 Å². The third-order valence-corrected chi connectivity index (χ3v) is 5.61. The van der Waals surface area contributed by atoms with Crippen molar-refractivity contribution < 1.29 is 27.5 Å². The zero-order valence-corrected chi connectivity index (χ0v) is 16.7. The maximum atomic E-state index is 13.8. The van der Waals surface area contributed by atoms with Crippen LogP contribution in [0.3, 0.4) is 0 Å². The molecule has 10 heteroatoms. The second kappa shape index (κ2) is 8.62. The molecule has 0 radical (unpaired) electrons. The predicted octanol–water partition coefficient (Wildman–Crippen LogP) is 3.39. The van der Waals surface area contributed by atoms with Crippen LogP contribution < -0.4 is 5.32 Å². The Labute approximate surface area is 167 Å². The van der Waals surface area contributed by atoms with Crippen LogP contribution in [0.4, 0.5) is 19.0 Å². The summed E-state index contributed by atoms with van der Waals surface area (Å²) in [5.41, 5.74) is 0.000486. The van der Waals surface area contributed by atoms with E-state index in [1.54, 1.807) is 11.8 Å². The van der Waals surface area contributed by atoms with Gasteiger partial charge in [0.15, 0.2) is 6.04 Å². The number of piperidine rings is 1. The van der Waals surface area contributed by atoms with Crippen LogP contribution in [-0.2, 0) is 9.53 Å². The number of carbonyl (C=O) groups is 2. The lowest BCUT2D eigenvalue weighted by atomic mass is 9.85. The minimum atomic E-state index is -4.50. The minimum absolute atomic E-state index is 0.000486. The minimum Gasteiger partial charge on any atom is -0.462 e. The third kappa shape index (κ3) is 4.51. The van der Waals surface area contributed by atoms with E-state index in [2.05, 4.69) is 10.4 Å². The Kier molecular flexibility index (Phi) is 6.38. The van der Waals surface area contributed by atoms with E-state index >= 15 is 0 Å². The van der Waals surface area contributed by atoms with Crippen LogP contribution in [0, 0.1) is 5.92 Å². The van der Waals surface area contributed by atoms with Gasteiger partial charge in [-0.2, -0.15) is 18.3 Å². The lowest BCUT2D eigenvalue weighted by Gasteiger charge is -2.41. The van der Waals surface area contributed by atoms with E-state index in [0.29, 0.717) is 19.5 Å². The number of carbonyl (C=O) groups excluding carboxylic acids is 2. The molecule has 0 unspecified atom stereocenters. The lowest BCUT2D eigenvalue weighted by molar-refractivity contribution is -0.175. The molecular formula is C19H27F3N4O3. The number of likely N-dealkylation sites (tertiary alicyclic amines) is 1. The fraction of sp³-hybridized carbons (Fsp3) is 0.737. The number of nitrogens with zero attached hydrogens (tertiary/aromatic N) is 3. The zero-order valence-electron chi connectivity index (χ0n) is 16.7. The first-order valence-corrected chi connectivity index (χ1v) is 10.1. The summed E-state index contributed by atoms with van der Waals surface area (Å²) in [5, 5.41) is 6.93. The van der Waals surface area contributed by atoms with Gasteiger partial charge in [-0.15, -0.1) is 0 Å². The summed E-state index contributed by atoms with van der Waals surface area (Å²) < 4.78 is 47.1. The Morgan fingerprint density at radius 3 is 2.76 bits per heavy atom. The van der Waals surface area contributed by atoms with E-state index in [-0.39, 0.29) is 36.2 Å². The smallest absolute Gasteiger partial charge is 0.410 e. The molecule has 7 nitrogen and oxygen atoms in total. The Bertz CT molecular complexity index is 750. The Morgan fingerprint density at radius 1 is 1.34 bits per heavy atom. The zero-order chi connectivity index (χ0) is 21.2. The second-order valence-electron chi connectivity index (χ2n) is 7.61. The summed E-state index contributed by atoms with van der Waals surface area (Å²) in [6, 6.07) is -2.34. The third-order valence-electron chi connectivity index (χ3n) is 5.61. The van der Waals surface area contributed by atoms with Crippen molar-refractivity contribution in [3.8, 4) is 0 Å². The topological polar surface area (TPSA) is 76.5 Å². The molecule has 3 atom stereocenters. The highest BCUT2D eigenvalue weighted by Gasteiger charge is 2.48. The van der Waals surface area contributed by atoms with Gasteiger partial charge in [0.25, 0.3) is 0 Å². The number of anilines is 1. The van der Waals surface area contributed by atoms with E-state index in [4.69, 9.17) is 4.74 Å². The first kappa shape index (κ1) is 21.4. The highest BCUT2D eigenvalue weighted by atomic mass is 19.4. The van der Waals surface area contributed by atoms with Gasteiger partial charge in [0.1, 0.15) is 11.4 Å². The number of amides is 1. The number of hydrogen-bond acceptors (Lipinski definition) is 5. The van der Waals surface area contributed by atoms with E-state index in [9.17, 15) is 22.8 Å². The molecule has 0 aromatic carbocycles. The molecule has 162 valence electrons. The Hall–Kier alpha value is -2.26. The fourth-order valence-electron chi connectivity index (χ4n) is 4.20. The molecule has 1 aromatic rings. The molecule has 1 amide bonds. The van der Waals surface area contributed by atoms with Gasteiger partial charge in [-0.1, -0.05) is 6.92 Å². The summed E-state index contributed by atoms with van der Waals surface area (Å²) in [6.07, 6.45) is -0.921. The maximum Gasteiger partial charge on any atom is 0.410 e. The number of esters is 1. The summed E-state index contributed by atoms with van der Waals surface area (Å²) in [7, 11) is 0. The maximum absolute atomic E-state index is 13.8. The van der Waals surface area contributed by atoms with E-state index in [1.165, 1.54) is 0 Å². The predicted molar refractivity (Wildman–Crippen MR) is 99.5 cm³/mol. The summed E-state index contributed by atoms with van der Waals surface area (Å²) in [5.74, 6) is -0.754. The van der Waals surface area contributed by atoms with Crippen LogP contribution in [0.5, 0.6) is 0 Å². The molecule has 0 spiro atoms. The first-order valence-electron chi connectivity index (χ1n) is 10.1. The summed E-state index contributed by atoms with van der Waals surface area (Å²) in [6.45, 7) is 4.73. The molecule has 1 saturated heterocycles. The normalized spacial score (nSPS) is 24.6. The van der Waals surface area contributed by atoms with Crippen LogP contribution in [-0.4, -0.2) is 58.5 Å². The standard InChI is InChI=1S/C19H27F3N4O3/c1-3-6-16(27)25-8-5-7-12(11-25)14-9-15(19(20,21)22)26-17(24-14)13(10-23-26)18(28)29-4-2/h10,12,14-15,24H,3-9,11H2,1-2H3/t12-,14-,15+/m0/s1. The van der Waals surface area contributed by atoms with Crippen LogP contribution in [0.1, 0.15) is 62.4 Å². The Morgan fingerprint density at radius 2 is 2.10 bits per heavy atom. The molecule has 2 aliphatic heterocycles. The van der Waals surface area contributed by atoms with Crippen molar-refractivity contribution in [3.63, 3.8) is 0 Å². The van der Waals surface area contributed by atoms with Gasteiger partial charge in [-0.3, -0.25) is 4.79 Å². The van der Waals surface area contributed by atoms with Crippen LogP contribution in [0.2, 0.25) is 0 Å². The molecule has 3 heterocycles. The number of hydrogen-bond donors (Lipinski definition) is 1. The molecule has 29 heavy (non-hydrogen) atoms. The molecule has 1 fully saturated rings. The number of fused-ring (bicyclic) bond motifs is 1. The average Bonchev–Trinajstić information content (AvgIpc) is 3.11. The van der Waals surface area contributed by atoms with Crippen LogP contribution >= 0.6 is 0 Å². The number of rotatable bonds is 5. The summed E-state index contributed by atoms with van der Waals surface area (Å²) >= 11 is 0. The average molecular weight is 416 g/mol. The van der Waals surface area contributed by atoms with Crippen molar-refractivity contribution in [1.29, 1.82) is 0 Å². The van der Waals surface area contributed by atoms with Crippen molar-refractivity contribution in [2.75, 3.05) is 25.0 Å². The highest BCUT2D eigenvalue weighted by molar-refractivity contribution is 5.94. The molecule has 0 aliphatic carbocycles. The fourth-order valence-corrected chi connectivity index (χ4v) is 4.20. The van der Waals surface area contributed by atoms with Gasteiger partial charge >= 0.3 is 12.1 Å². The molecule has 0 saturated carbocycles. The SMILES string of the molecule is CCCC(=O)N1CCC[C@H]([C@@H]2C[C@H](C(F)(F)F)n3ncc(C(=O)OCC)c3N2)C1. The first-order chi connectivity index (χ1) is 13.8. The summed E-state index contributed by atoms with van der Waals surface area (Å²) in [4.78, 5) is 26.2. The number of alkyl halides is 3. The van der Waals surface area contributed by atoms with E-state index in [0.717, 1.165) is 30.1 Å². The molecule has 0 bridgehead atoms.